The summed E-state index contributed by atoms with van der Waals surface area (Å²) in [6, 6.07) is 11.0. The number of anilines is 1. The van der Waals surface area contributed by atoms with Gasteiger partial charge in [-0.1, -0.05) is 23.3 Å². The number of carbonyl (C=O) groups excluding carboxylic acids is 3. The number of Topliss-reactive ketones (excluding diaryl/α,β-unsaturated/α-hetero) is 1. The maximum atomic E-state index is 15.3. The van der Waals surface area contributed by atoms with Crippen LogP contribution in [0.2, 0.25) is 0 Å². The first-order valence-electron chi connectivity index (χ1n) is 17.4. The zero-order chi connectivity index (χ0) is 35.6. The van der Waals surface area contributed by atoms with Gasteiger partial charge in [0.05, 0.1) is 41.6 Å². The fourth-order valence-electron chi connectivity index (χ4n) is 6.97. The van der Waals surface area contributed by atoms with E-state index in [2.05, 4.69) is 45.5 Å². The molecule has 0 saturated carbocycles. The number of aromatic amines is 2. The minimum absolute atomic E-state index is 0.0619. The minimum Gasteiger partial charge on any atom is -0.379 e. The van der Waals surface area contributed by atoms with Crippen LogP contribution in [0.3, 0.4) is 0 Å². The number of ether oxygens (including phenoxy) is 1. The average molecular weight is 712 g/mol. The van der Waals surface area contributed by atoms with Gasteiger partial charge in [-0.05, 0) is 28.6 Å². The van der Waals surface area contributed by atoms with Crippen molar-refractivity contribution in [3.8, 4) is 17.1 Å². The Morgan fingerprint density at radius 1 is 0.865 bits per heavy atom. The number of aromatic nitrogens is 8. The first-order valence-corrected chi connectivity index (χ1v) is 17.4. The quantitative estimate of drug-likeness (QED) is 0.162. The predicted octanol–water partition coefficient (Wildman–Crippen LogP) is 0.689. The number of ketones is 1. The van der Waals surface area contributed by atoms with E-state index in [1.54, 1.807) is 15.6 Å². The number of hydrogen-bond donors (Lipinski definition) is 2. The Hall–Kier alpha value is -5.59. The van der Waals surface area contributed by atoms with Gasteiger partial charge in [-0.3, -0.25) is 29.3 Å². The van der Waals surface area contributed by atoms with Crippen molar-refractivity contribution < 1.29 is 23.5 Å². The van der Waals surface area contributed by atoms with Crippen LogP contribution in [0.15, 0.2) is 48.8 Å². The smallest absolute Gasteiger partial charge is 0.295 e. The number of carbonyl (C=O) groups is 3. The Bertz CT molecular complexity index is 2060. The SMILES string of the molecule is O=C(C(=O)N1CCN(c2nnnn2-c2ccccc2)CC1)c1c[nH]c2c(-c3cc(C(=O)N4CCN(CCN5CCOCC5)CC4)[nH]n3)ncc(F)c12. The summed E-state index contributed by atoms with van der Waals surface area (Å²) in [6.45, 7) is 9.40. The lowest BCUT2D eigenvalue weighted by Crippen LogP contribution is -2.51. The van der Waals surface area contributed by atoms with Gasteiger partial charge in [0.2, 0.25) is 5.95 Å². The molecule has 1 aromatic carbocycles. The molecule has 0 atom stereocenters. The molecule has 18 heteroatoms. The molecule has 0 spiro atoms. The molecule has 3 aliphatic heterocycles. The number of rotatable bonds is 9. The molecule has 0 aliphatic carbocycles. The van der Waals surface area contributed by atoms with Crippen molar-refractivity contribution in [2.24, 2.45) is 0 Å². The zero-order valence-corrected chi connectivity index (χ0v) is 28.4. The van der Waals surface area contributed by atoms with Gasteiger partial charge < -0.3 is 24.4 Å². The van der Waals surface area contributed by atoms with Crippen molar-refractivity contribution in [1.29, 1.82) is 0 Å². The van der Waals surface area contributed by atoms with Crippen molar-refractivity contribution in [3.05, 3.63) is 65.9 Å². The third-order valence-corrected chi connectivity index (χ3v) is 9.95. The maximum absolute atomic E-state index is 15.3. The molecule has 3 aliphatic rings. The second kappa shape index (κ2) is 14.6. The molecule has 4 aromatic heterocycles. The molecular formula is C34H38FN13O4. The molecule has 2 amide bonds. The lowest BCUT2D eigenvalue weighted by Gasteiger charge is -2.36. The number of hydrogen-bond acceptors (Lipinski definition) is 12. The second-order valence-electron chi connectivity index (χ2n) is 13.0. The zero-order valence-electron chi connectivity index (χ0n) is 28.4. The molecule has 52 heavy (non-hydrogen) atoms. The third kappa shape index (κ3) is 6.62. The summed E-state index contributed by atoms with van der Waals surface area (Å²) in [4.78, 5) is 57.5. The average Bonchev–Trinajstić information content (AvgIpc) is 3.99. The minimum atomic E-state index is -0.841. The maximum Gasteiger partial charge on any atom is 0.295 e. The van der Waals surface area contributed by atoms with E-state index < -0.39 is 17.5 Å². The Balaban J connectivity index is 0.910. The van der Waals surface area contributed by atoms with Crippen molar-refractivity contribution in [2.75, 3.05) is 96.7 Å². The lowest BCUT2D eigenvalue weighted by molar-refractivity contribution is -0.126. The fourth-order valence-corrected chi connectivity index (χ4v) is 6.97. The van der Waals surface area contributed by atoms with Crippen LogP contribution in [0.5, 0.6) is 0 Å². The topological polar surface area (TPSA) is 178 Å². The molecule has 3 fully saturated rings. The van der Waals surface area contributed by atoms with Gasteiger partial charge in [-0.2, -0.15) is 9.78 Å². The van der Waals surface area contributed by atoms with Crippen molar-refractivity contribution >= 4 is 34.4 Å². The number of halogens is 1. The monoisotopic (exact) mass is 711 g/mol. The Kier molecular flexibility index (Phi) is 9.40. The Morgan fingerprint density at radius 2 is 1.58 bits per heavy atom. The van der Waals surface area contributed by atoms with Crippen molar-refractivity contribution in [3.63, 3.8) is 0 Å². The van der Waals surface area contributed by atoms with Crippen molar-refractivity contribution in [1.82, 2.24) is 60.0 Å². The summed E-state index contributed by atoms with van der Waals surface area (Å²) < 4.78 is 22.4. The second-order valence-corrected chi connectivity index (χ2v) is 13.0. The summed E-state index contributed by atoms with van der Waals surface area (Å²) in [5.74, 6) is -1.99. The van der Waals surface area contributed by atoms with Gasteiger partial charge in [-0.25, -0.2) is 9.37 Å². The van der Waals surface area contributed by atoms with E-state index in [1.165, 1.54) is 11.1 Å². The third-order valence-electron chi connectivity index (χ3n) is 9.95. The van der Waals surface area contributed by atoms with Crippen LogP contribution in [0.4, 0.5) is 10.3 Å². The van der Waals surface area contributed by atoms with Crippen molar-refractivity contribution in [2.45, 2.75) is 0 Å². The van der Waals surface area contributed by atoms with E-state index in [0.717, 1.165) is 64.4 Å². The van der Waals surface area contributed by atoms with Gasteiger partial charge in [0, 0.05) is 84.7 Å². The first-order chi connectivity index (χ1) is 25.4. The predicted molar refractivity (Wildman–Crippen MR) is 186 cm³/mol. The largest absolute Gasteiger partial charge is 0.379 e. The number of benzene rings is 1. The molecule has 5 aromatic rings. The van der Waals surface area contributed by atoms with Gasteiger partial charge in [0.1, 0.15) is 17.1 Å². The van der Waals surface area contributed by atoms with E-state index in [1.807, 2.05) is 35.2 Å². The van der Waals surface area contributed by atoms with Gasteiger partial charge in [0.25, 0.3) is 17.6 Å². The molecular weight excluding hydrogens is 673 g/mol. The molecule has 7 heterocycles. The number of pyridine rings is 1. The molecule has 8 rings (SSSR count). The van der Waals surface area contributed by atoms with E-state index >= 15 is 4.39 Å². The van der Waals surface area contributed by atoms with E-state index in [0.29, 0.717) is 37.8 Å². The van der Waals surface area contributed by atoms with Crippen LogP contribution >= 0.6 is 0 Å². The number of morpholine rings is 1. The van der Waals surface area contributed by atoms with Gasteiger partial charge in [-0.15, -0.1) is 0 Å². The molecule has 2 N–H and O–H groups in total. The summed E-state index contributed by atoms with van der Waals surface area (Å²) in [7, 11) is 0. The summed E-state index contributed by atoms with van der Waals surface area (Å²) in [6.07, 6.45) is 2.31. The standard InChI is InChI=1S/C34H38FN13O4/c35-25-22-37-29(26-20-27(39-38-26)32(50)45-10-8-43(9-11-45)6-7-44-16-18-52-19-17-44)30-28(25)24(21-36-30)31(49)33(51)46-12-14-47(15-13-46)34-40-41-42-48(34)23-4-2-1-3-5-23/h1-5,20-22,36H,6-19H2,(H,38,39). The normalized spacial score (nSPS) is 17.6. The molecule has 0 bridgehead atoms. The number of tetrazole rings is 1. The van der Waals surface area contributed by atoms with Gasteiger partial charge >= 0.3 is 0 Å². The van der Waals surface area contributed by atoms with E-state index in [4.69, 9.17) is 4.74 Å². The number of amides is 2. The number of H-pyrrole nitrogens is 2. The Morgan fingerprint density at radius 3 is 2.33 bits per heavy atom. The van der Waals surface area contributed by atoms with Gasteiger partial charge in [0.15, 0.2) is 5.82 Å². The van der Waals surface area contributed by atoms with Crippen LogP contribution in [-0.4, -0.2) is 169 Å². The Labute approximate surface area is 297 Å². The number of nitrogens with zero attached hydrogens (tertiary/aromatic N) is 11. The molecule has 3 saturated heterocycles. The highest BCUT2D eigenvalue weighted by atomic mass is 19.1. The first kappa shape index (κ1) is 33.5. The molecule has 0 radical (unpaired) electrons. The highest BCUT2D eigenvalue weighted by Gasteiger charge is 2.32. The fraction of sp³-hybridized carbons (Fsp3) is 0.412. The number of piperazine rings is 2. The van der Waals surface area contributed by atoms with Crippen LogP contribution in [0, 0.1) is 5.82 Å². The number of nitrogens with one attached hydrogen (secondary N) is 2. The molecule has 270 valence electrons. The van der Waals surface area contributed by atoms with E-state index in [-0.39, 0.29) is 46.9 Å². The van der Waals surface area contributed by atoms with E-state index in [9.17, 15) is 14.4 Å². The van der Waals surface area contributed by atoms with Crippen LogP contribution in [-0.2, 0) is 9.53 Å². The number of fused-ring (bicyclic) bond motifs is 1. The lowest BCUT2D eigenvalue weighted by atomic mass is 10.1. The highest BCUT2D eigenvalue weighted by molar-refractivity contribution is 6.45. The molecule has 0 unspecified atom stereocenters. The van der Waals surface area contributed by atoms with Crippen LogP contribution in [0.25, 0.3) is 28.0 Å². The summed E-state index contributed by atoms with van der Waals surface area (Å²) >= 11 is 0. The van der Waals surface area contributed by atoms with Crippen LogP contribution in [0.1, 0.15) is 20.8 Å². The van der Waals surface area contributed by atoms with Crippen LogP contribution < -0.4 is 4.90 Å². The highest BCUT2D eigenvalue weighted by Crippen LogP contribution is 2.30. The summed E-state index contributed by atoms with van der Waals surface area (Å²) in [5.41, 5.74) is 1.73. The summed E-state index contributed by atoms with van der Waals surface area (Å²) in [5, 5.41) is 19.1. The molecule has 17 nitrogen and oxygen atoms in total. The number of para-hydroxylation sites is 1.